The molecule has 0 aliphatic carbocycles. The van der Waals surface area contributed by atoms with Gasteiger partial charge in [-0.2, -0.15) is 5.26 Å². The lowest BCUT2D eigenvalue weighted by molar-refractivity contribution is 0.102. The molecule has 2 rings (SSSR count). The second-order valence-electron chi connectivity index (χ2n) is 3.37. The average Bonchev–Trinajstić information content (AvgIpc) is 2.76. The number of anilines is 1. The molecule has 0 unspecified atom stereocenters. The number of carbonyl (C=O) groups excluding carboxylic acids is 1. The highest BCUT2D eigenvalue weighted by atomic mass is 127. The smallest absolute Gasteiger partial charge is 0.256 e. The fourth-order valence-corrected chi connectivity index (χ4v) is 2.69. The maximum Gasteiger partial charge on any atom is 0.256 e. The first-order chi connectivity index (χ1) is 8.61. The Morgan fingerprint density at radius 3 is 2.89 bits per heavy atom. The van der Waals surface area contributed by atoms with Crippen LogP contribution in [0.25, 0.3) is 0 Å². The molecule has 0 fully saturated rings. The third-order valence-corrected chi connectivity index (χ3v) is 3.99. The van der Waals surface area contributed by atoms with Crippen molar-refractivity contribution in [3.63, 3.8) is 0 Å². The number of nitrogens with one attached hydrogen (secondary N) is 1. The van der Waals surface area contributed by atoms with Crippen LogP contribution in [0.5, 0.6) is 0 Å². The van der Waals surface area contributed by atoms with Gasteiger partial charge < -0.3 is 5.32 Å². The summed E-state index contributed by atoms with van der Waals surface area (Å²) in [4.78, 5) is 11.9. The molecule has 0 atom stereocenters. The average molecular weight is 372 g/mol. The standard InChI is InChI=1S/C12H6FIN2OS/c13-9-2-1-3-10(8(9)5-15)16-12(17)7-4-11(14)18-6-7/h1-4,6H,(H,16,17). The highest BCUT2D eigenvalue weighted by Crippen LogP contribution is 2.21. The van der Waals surface area contributed by atoms with Crippen LogP contribution in [0, 0.1) is 20.0 Å². The minimum absolute atomic E-state index is 0.157. The molecule has 0 saturated carbocycles. The quantitative estimate of drug-likeness (QED) is 0.819. The first-order valence-electron chi connectivity index (χ1n) is 4.86. The highest BCUT2D eigenvalue weighted by molar-refractivity contribution is 14.1. The molecule has 1 amide bonds. The Balaban J connectivity index is 2.28. The minimum Gasteiger partial charge on any atom is -0.321 e. The first-order valence-corrected chi connectivity index (χ1v) is 6.81. The summed E-state index contributed by atoms with van der Waals surface area (Å²) in [5.74, 6) is -0.994. The minimum atomic E-state index is -0.643. The Morgan fingerprint density at radius 2 is 2.28 bits per heavy atom. The number of amides is 1. The van der Waals surface area contributed by atoms with E-state index in [0.717, 1.165) is 2.88 Å². The number of nitrogens with zero attached hydrogens (tertiary/aromatic N) is 1. The van der Waals surface area contributed by atoms with Crippen molar-refractivity contribution in [2.75, 3.05) is 5.32 Å². The number of halogens is 2. The van der Waals surface area contributed by atoms with E-state index < -0.39 is 5.82 Å². The molecule has 0 aliphatic rings. The van der Waals surface area contributed by atoms with E-state index in [-0.39, 0.29) is 17.2 Å². The van der Waals surface area contributed by atoms with Crippen molar-refractivity contribution >= 4 is 45.5 Å². The van der Waals surface area contributed by atoms with Gasteiger partial charge in [0.15, 0.2) is 0 Å². The van der Waals surface area contributed by atoms with Crippen LogP contribution in [-0.4, -0.2) is 5.91 Å². The normalized spacial score (nSPS) is 9.83. The van der Waals surface area contributed by atoms with Gasteiger partial charge in [-0.25, -0.2) is 4.39 Å². The van der Waals surface area contributed by atoms with Crippen LogP contribution in [0.2, 0.25) is 0 Å². The Labute approximate surface area is 120 Å². The zero-order valence-electron chi connectivity index (χ0n) is 8.91. The van der Waals surface area contributed by atoms with E-state index in [1.54, 1.807) is 17.5 Å². The molecule has 6 heteroatoms. The molecule has 18 heavy (non-hydrogen) atoms. The number of hydrogen-bond donors (Lipinski definition) is 1. The molecule has 0 saturated heterocycles. The molecule has 90 valence electrons. The van der Waals surface area contributed by atoms with Crippen molar-refractivity contribution in [2.45, 2.75) is 0 Å². The first kappa shape index (κ1) is 13.0. The van der Waals surface area contributed by atoms with Crippen molar-refractivity contribution in [2.24, 2.45) is 0 Å². The van der Waals surface area contributed by atoms with Gasteiger partial charge in [0.1, 0.15) is 17.4 Å². The van der Waals surface area contributed by atoms with Crippen LogP contribution in [0.1, 0.15) is 15.9 Å². The monoisotopic (exact) mass is 372 g/mol. The van der Waals surface area contributed by atoms with Gasteiger partial charge in [0.2, 0.25) is 0 Å². The van der Waals surface area contributed by atoms with Crippen LogP contribution in [0.4, 0.5) is 10.1 Å². The molecule has 1 aromatic heterocycles. The predicted octanol–water partition coefficient (Wildman–Crippen LogP) is 3.62. The van der Waals surface area contributed by atoms with Gasteiger partial charge >= 0.3 is 0 Å². The molecule has 1 N–H and O–H groups in total. The van der Waals surface area contributed by atoms with Crippen LogP contribution < -0.4 is 5.32 Å². The molecule has 2 aromatic rings. The Bertz CT molecular complexity index is 648. The maximum atomic E-state index is 13.3. The number of hydrogen-bond acceptors (Lipinski definition) is 3. The zero-order valence-corrected chi connectivity index (χ0v) is 11.9. The number of thiophene rings is 1. The van der Waals surface area contributed by atoms with E-state index in [1.807, 2.05) is 0 Å². The molecule has 0 radical (unpaired) electrons. The van der Waals surface area contributed by atoms with Gasteiger partial charge in [-0.05, 0) is 40.8 Å². The number of rotatable bonds is 2. The predicted molar refractivity (Wildman–Crippen MR) is 76.1 cm³/mol. The fraction of sp³-hybridized carbons (Fsp3) is 0. The third kappa shape index (κ3) is 2.68. The largest absolute Gasteiger partial charge is 0.321 e. The summed E-state index contributed by atoms with van der Waals surface area (Å²) in [6.45, 7) is 0. The summed E-state index contributed by atoms with van der Waals surface area (Å²) >= 11 is 3.55. The molecule has 0 spiro atoms. The fourth-order valence-electron chi connectivity index (χ4n) is 1.37. The van der Waals surface area contributed by atoms with E-state index >= 15 is 0 Å². The van der Waals surface area contributed by atoms with Crippen LogP contribution >= 0.6 is 33.9 Å². The molecular weight excluding hydrogens is 366 g/mol. The summed E-state index contributed by atoms with van der Waals surface area (Å²) in [6, 6.07) is 7.59. The lowest BCUT2D eigenvalue weighted by Crippen LogP contribution is -2.12. The third-order valence-electron chi connectivity index (χ3n) is 2.20. The topological polar surface area (TPSA) is 52.9 Å². The van der Waals surface area contributed by atoms with Gasteiger partial charge in [-0.1, -0.05) is 6.07 Å². The summed E-state index contributed by atoms with van der Waals surface area (Å²) in [7, 11) is 0. The maximum absolute atomic E-state index is 13.3. The molecule has 1 aromatic carbocycles. The number of benzene rings is 1. The van der Waals surface area contributed by atoms with E-state index in [4.69, 9.17) is 5.26 Å². The molecule has 3 nitrogen and oxygen atoms in total. The van der Waals surface area contributed by atoms with Crippen molar-refractivity contribution in [3.05, 3.63) is 49.5 Å². The van der Waals surface area contributed by atoms with E-state index in [0.29, 0.717) is 5.56 Å². The van der Waals surface area contributed by atoms with Crippen molar-refractivity contribution in [1.82, 2.24) is 0 Å². The Kier molecular flexibility index (Phi) is 3.93. The second-order valence-corrected chi connectivity index (χ2v) is 6.17. The van der Waals surface area contributed by atoms with Gasteiger partial charge in [0, 0.05) is 5.38 Å². The SMILES string of the molecule is N#Cc1c(F)cccc1NC(=O)c1csc(I)c1. The zero-order chi connectivity index (χ0) is 13.1. The van der Waals surface area contributed by atoms with Crippen molar-refractivity contribution in [1.29, 1.82) is 5.26 Å². The highest BCUT2D eigenvalue weighted by Gasteiger charge is 2.13. The van der Waals surface area contributed by atoms with Gasteiger partial charge in [-0.3, -0.25) is 4.79 Å². The molecule has 1 heterocycles. The number of carbonyl (C=O) groups is 1. The molecule has 0 bridgehead atoms. The second kappa shape index (κ2) is 5.46. The van der Waals surface area contributed by atoms with E-state index in [9.17, 15) is 9.18 Å². The molecule has 0 aliphatic heterocycles. The Hall–Kier alpha value is -1.46. The summed E-state index contributed by atoms with van der Waals surface area (Å²) in [5.41, 5.74) is 0.525. The number of nitriles is 1. The van der Waals surface area contributed by atoms with Crippen molar-refractivity contribution in [3.8, 4) is 6.07 Å². The van der Waals surface area contributed by atoms with Crippen LogP contribution in [-0.2, 0) is 0 Å². The molecular formula is C12H6FIN2OS. The lowest BCUT2D eigenvalue weighted by atomic mass is 10.1. The van der Waals surface area contributed by atoms with E-state index in [2.05, 4.69) is 27.9 Å². The van der Waals surface area contributed by atoms with Gasteiger partial charge in [0.05, 0.1) is 14.1 Å². The summed E-state index contributed by atoms with van der Waals surface area (Å²) in [6.07, 6.45) is 0. The van der Waals surface area contributed by atoms with Crippen LogP contribution in [0.15, 0.2) is 29.6 Å². The van der Waals surface area contributed by atoms with Crippen molar-refractivity contribution < 1.29 is 9.18 Å². The lowest BCUT2D eigenvalue weighted by Gasteiger charge is -2.06. The summed E-state index contributed by atoms with van der Waals surface area (Å²) in [5, 5.41) is 13.1. The summed E-state index contributed by atoms with van der Waals surface area (Å²) < 4.78 is 14.3. The van der Waals surface area contributed by atoms with E-state index in [1.165, 1.54) is 29.5 Å². The van der Waals surface area contributed by atoms with Crippen LogP contribution in [0.3, 0.4) is 0 Å². The van der Waals surface area contributed by atoms with Gasteiger partial charge in [-0.15, -0.1) is 11.3 Å². The Morgan fingerprint density at radius 1 is 1.50 bits per heavy atom. The van der Waals surface area contributed by atoms with Gasteiger partial charge in [0.25, 0.3) is 5.91 Å².